The second kappa shape index (κ2) is 9.93. The molecule has 0 saturated heterocycles. The van der Waals surface area contributed by atoms with E-state index >= 15 is 0 Å². The molecule has 0 saturated carbocycles. The zero-order chi connectivity index (χ0) is 16.9. The molecule has 0 amide bonds. The summed E-state index contributed by atoms with van der Waals surface area (Å²) in [5.74, 6) is 0. The van der Waals surface area contributed by atoms with Crippen molar-refractivity contribution in [2.75, 3.05) is 0 Å². The summed E-state index contributed by atoms with van der Waals surface area (Å²) in [7, 11) is -4.49. The molecule has 2 rings (SSSR count). The minimum atomic E-state index is -4.49. The normalized spacial score (nSPS) is 11.5. The van der Waals surface area contributed by atoms with Gasteiger partial charge in [-0.3, -0.25) is 0 Å². The maximum atomic E-state index is 12.0. The Labute approximate surface area is 167 Å². The van der Waals surface area contributed by atoms with Gasteiger partial charge < -0.3 is 4.55 Å². The second-order valence-corrected chi connectivity index (χ2v) is 7.40. The van der Waals surface area contributed by atoms with Gasteiger partial charge in [0.2, 0.25) is 0 Å². The van der Waals surface area contributed by atoms with Gasteiger partial charge in [0.15, 0.2) is 0 Å². The topological polar surface area (TPSA) is 57.2 Å². The quantitative estimate of drug-likeness (QED) is 0.412. The predicted molar refractivity (Wildman–Crippen MR) is 93.8 cm³/mol. The first-order valence-corrected chi connectivity index (χ1v) is 9.89. The molecule has 2 aromatic rings. The van der Waals surface area contributed by atoms with Crippen LogP contribution in [0.5, 0.6) is 0 Å². The Balaban J connectivity index is 0.00000288. The standard InChI is InChI=1S/C19H26O3S.Na/c1-3-5-6-7-12-17-15(10-4-2)14-16-11-8-9-13-18(16)19(17)23(20,21)22;/h8-9,11,13-14H,3-7,10,12H2,1-2H3,(H,20,21,22);/q;+1/p-1. The van der Waals surface area contributed by atoms with Gasteiger partial charge in [-0.2, -0.15) is 0 Å². The first-order chi connectivity index (χ1) is 11.0. The van der Waals surface area contributed by atoms with E-state index in [2.05, 4.69) is 19.9 Å². The molecule has 0 radical (unpaired) electrons. The van der Waals surface area contributed by atoms with Crippen LogP contribution in [0.1, 0.15) is 57.1 Å². The molecule has 0 spiro atoms. The van der Waals surface area contributed by atoms with Crippen molar-refractivity contribution in [3.8, 4) is 0 Å². The Morgan fingerprint density at radius 1 is 0.958 bits per heavy atom. The first-order valence-electron chi connectivity index (χ1n) is 8.48. The van der Waals surface area contributed by atoms with Crippen molar-refractivity contribution >= 4 is 20.9 Å². The first kappa shape index (κ1) is 21.7. The Kier molecular flexibility index (Phi) is 8.96. The smallest absolute Gasteiger partial charge is 0.744 e. The molecular formula is C19H25NaO3S. The van der Waals surface area contributed by atoms with Crippen molar-refractivity contribution in [2.45, 2.75) is 63.7 Å². The predicted octanol–water partition coefficient (Wildman–Crippen LogP) is 1.82. The summed E-state index contributed by atoms with van der Waals surface area (Å²) in [5.41, 5.74) is 1.76. The number of aryl methyl sites for hydroxylation is 1. The van der Waals surface area contributed by atoms with Gasteiger partial charge in [0, 0.05) is 0 Å². The van der Waals surface area contributed by atoms with Crippen molar-refractivity contribution in [3.63, 3.8) is 0 Å². The third-order valence-electron chi connectivity index (χ3n) is 4.25. The molecule has 0 heterocycles. The van der Waals surface area contributed by atoms with Crippen LogP contribution in [0.15, 0.2) is 35.2 Å². The van der Waals surface area contributed by atoms with Crippen LogP contribution in [0.3, 0.4) is 0 Å². The largest absolute Gasteiger partial charge is 1.00 e. The molecule has 0 aliphatic carbocycles. The summed E-state index contributed by atoms with van der Waals surface area (Å²) >= 11 is 0. The van der Waals surface area contributed by atoms with Gasteiger partial charge in [-0.05, 0) is 41.2 Å². The maximum absolute atomic E-state index is 12.0. The maximum Gasteiger partial charge on any atom is 1.00 e. The molecule has 0 bridgehead atoms. The molecule has 3 nitrogen and oxygen atoms in total. The van der Waals surface area contributed by atoms with Gasteiger partial charge in [0.25, 0.3) is 0 Å². The van der Waals surface area contributed by atoms with E-state index in [0.29, 0.717) is 11.8 Å². The van der Waals surface area contributed by atoms with Crippen LogP contribution in [-0.4, -0.2) is 13.0 Å². The molecule has 0 aromatic heterocycles. The molecule has 0 unspecified atom stereocenters. The van der Waals surface area contributed by atoms with E-state index in [9.17, 15) is 13.0 Å². The number of hydrogen-bond donors (Lipinski definition) is 0. The van der Waals surface area contributed by atoms with E-state index in [0.717, 1.165) is 55.0 Å². The summed E-state index contributed by atoms with van der Waals surface area (Å²) in [6, 6.07) is 9.34. The van der Waals surface area contributed by atoms with Gasteiger partial charge in [-0.25, -0.2) is 8.42 Å². The van der Waals surface area contributed by atoms with E-state index < -0.39 is 10.1 Å². The average Bonchev–Trinajstić information content (AvgIpc) is 2.50. The third-order valence-corrected chi connectivity index (χ3v) is 5.21. The monoisotopic (exact) mass is 356 g/mol. The van der Waals surface area contributed by atoms with Crippen molar-refractivity contribution in [1.29, 1.82) is 0 Å². The molecule has 0 atom stereocenters. The van der Waals surface area contributed by atoms with Gasteiger partial charge >= 0.3 is 29.6 Å². The summed E-state index contributed by atoms with van der Waals surface area (Å²) < 4.78 is 35.9. The van der Waals surface area contributed by atoms with Crippen molar-refractivity contribution in [1.82, 2.24) is 0 Å². The summed E-state index contributed by atoms with van der Waals surface area (Å²) in [4.78, 5) is 0.00977. The summed E-state index contributed by atoms with van der Waals surface area (Å²) in [6.45, 7) is 4.22. The van der Waals surface area contributed by atoms with Gasteiger partial charge in [-0.1, -0.05) is 69.9 Å². The van der Waals surface area contributed by atoms with E-state index in [1.807, 2.05) is 12.1 Å². The Bertz CT molecular complexity index is 770. The minimum absolute atomic E-state index is 0. The SMILES string of the molecule is CCCCCCc1c(CCC)cc2ccccc2c1S(=O)(=O)[O-].[Na+]. The fraction of sp³-hybridized carbons (Fsp3) is 0.474. The van der Waals surface area contributed by atoms with Crippen LogP contribution in [-0.2, 0) is 23.0 Å². The fourth-order valence-electron chi connectivity index (χ4n) is 3.19. The Morgan fingerprint density at radius 2 is 1.67 bits per heavy atom. The molecule has 2 aromatic carbocycles. The van der Waals surface area contributed by atoms with Gasteiger partial charge in [0.05, 0.1) is 4.90 Å². The molecule has 0 N–H and O–H groups in total. The number of hydrogen-bond acceptors (Lipinski definition) is 3. The zero-order valence-corrected chi connectivity index (χ0v) is 17.8. The van der Waals surface area contributed by atoms with Gasteiger partial charge in [0.1, 0.15) is 10.1 Å². The minimum Gasteiger partial charge on any atom is -0.744 e. The molecule has 5 heteroatoms. The Morgan fingerprint density at radius 3 is 2.29 bits per heavy atom. The number of unbranched alkanes of at least 4 members (excludes halogenated alkanes) is 3. The van der Waals surface area contributed by atoms with Crippen LogP contribution in [0.2, 0.25) is 0 Å². The molecule has 126 valence electrons. The van der Waals surface area contributed by atoms with Crippen LogP contribution in [0.25, 0.3) is 10.8 Å². The average molecular weight is 356 g/mol. The zero-order valence-electron chi connectivity index (χ0n) is 15.0. The van der Waals surface area contributed by atoms with E-state index in [1.165, 1.54) is 0 Å². The van der Waals surface area contributed by atoms with Crippen LogP contribution < -0.4 is 29.6 Å². The summed E-state index contributed by atoms with van der Waals surface area (Å²) in [5, 5.41) is 1.40. The van der Waals surface area contributed by atoms with Gasteiger partial charge in [-0.15, -0.1) is 0 Å². The van der Waals surface area contributed by atoms with Crippen molar-refractivity contribution < 1.29 is 42.5 Å². The van der Waals surface area contributed by atoms with Crippen LogP contribution in [0, 0.1) is 0 Å². The molecule has 0 fully saturated rings. The van der Waals surface area contributed by atoms with E-state index in [-0.39, 0.29) is 34.5 Å². The summed E-state index contributed by atoms with van der Waals surface area (Å²) in [6.07, 6.45) is 6.65. The molecule has 24 heavy (non-hydrogen) atoms. The fourth-order valence-corrected chi connectivity index (χ4v) is 4.18. The molecule has 0 aliphatic heterocycles. The van der Waals surface area contributed by atoms with Crippen molar-refractivity contribution in [3.05, 3.63) is 41.5 Å². The van der Waals surface area contributed by atoms with Crippen LogP contribution >= 0.6 is 0 Å². The third kappa shape index (κ3) is 5.30. The Hall–Kier alpha value is -0.390. The second-order valence-electron chi connectivity index (χ2n) is 6.08. The van der Waals surface area contributed by atoms with E-state index in [4.69, 9.17) is 0 Å². The van der Waals surface area contributed by atoms with E-state index in [1.54, 1.807) is 12.1 Å². The van der Waals surface area contributed by atoms with Crippen LogP contribution in [0.4, 0.5) is 0 Å². The molecule has 0 aliphatic rings. The number of fused-ring (bicyclic) bond motifs is 1. The molecular weight excluding hydrogens is 331 g/mol. The number of benzene rings is 2. The number of rotatable bonds is 8. The van der Waals surface area contributed by atoms with Crippen molar-refractivity contribution in [2.24, 2.45) is 0 Å².